The molecule has 1 amide bonds. The van der Waals surface area contributed by atoms with E-state index in [1.165, 1.54) is 26.4 Å². The van der Waals surface area contributed by atoms with Crippen molar-refractivity contribution >= 4 is 29.4 Å². The van der Waals surface area contributed by atoms with Gasteiger partial charge in [-0.2, -0.15) is 0 Å². The molecule has 2 rings (SSSR count). The molecule has 0 aliphatic heterocycles. The first-order chi connectivity index (χ1) is 14.9. The summed E-state index contributed by atoms with van der Waals surface area (Å²) in [7, 11) is 1.30. The predicted octanol–water partition coefficient (Wildman–Crippen LogP) is 1.90. The summed E-state index contributed by atoms with van der Waals surface area (Å²) in [6.45, 7) is 5.80. The van der Waals surface area contributed by atoms with Crippen LogP contribution < -0.4 is 39.6 Å². The molecule has 0 radical (unpaired) electrons. The molecule has 1 aliphatic carbocycles. The molecule has 1 aliphatic rings. The van der Waals surface area contributed by atoms with E-state index in [9.17, 15) is 14.7 Å². The summed E-state index contributed by atoms with van der Waals surface area (Å²) in [4.78, 5) is 23.7. The predicted molar refractivity (Wildman–Crippen MR) is 122 cm³/mol. The summed E-state index contributed by atoms with van der Waals surface area (Å²) in [5.41, 5.74) is 1.41. The van der Waals surface area contributed by atoms with Crippen LogP contribution in [0.5, 0.6) is 0 Å². The molecule has 0 aromatic heterocycles. The van der Waals surface area contributed by atoms with Crippen LogP contribution in [0.4, 0.5) is 10.5 Å². The summed E-state index contributed by atoms with van der Waals surface area (Å²) in [5, 5.41) is 9.99. The first-order valence-electron chi connectivity index (χ1n) is 10.3. The molecule has 0 N–H and O–H groups in total. The molecule has 0 spiro atoms. The normalized spacial score (nSPS) is 14.0. The standard InChI is InChI=1S/C21H26ClNO2.C3H6O3.Na/c1-3-8-19(9-4-2)23(20-14-12-18(22)13-15-20)21(24)25-16-17-10-6-5-7-11-17;1-6-2-3(4)5;/h3-4,8-9,12-15,17H,1,5-7,10-11,16H2,2H3;2H2,1H3,(H,4,5);/q;;+1/p-1/b9-4-,19-8+;;. The van der Waals surface area contributed by atoms with Gasteiger partial charge in [-0.3, -0.25) is 0 Å². The fourth-order valence-electron chi connectivity index (χ4n) is 3.17. The summed E-state index contributed by atoms with van der Waals surface area (Å²) in [5.74, 6) is -0.712. The Balaban J connectivity index is 0.00000121. The smallest absolute Gasteiger partial charge is 0.548 e. The number of allylic oxidation sites excluding steroid dienone is 4. The number of rotatable bonds is 8. The van der Waals surface area contributed by atoms with E-state index >= 15 is 0 Å². The van der Waals surface area contributed by atoms with Crippen LogP contribution in [0.2, 0.25) is 5.02 Å². The minimum Gasteiger partial charge on any atom is -0.548 e. The average molecular weight is 472 g/mol. The third-order valence-corrected chi connectivity index (χ3v) is 4.83. The van der Waals surface area contributed by atoms with Crippen molar-refractivity contribution in [3.05, 3.63) is 65.9 Å². The van der Waals surface area contributed by atoms with E-state index in [1.807, 2.05) is 31.2 Å². The van der Waals surface area contributed by atoms with Crippen LogP contribution in [0.25, 0.3) is 0 Å². The molecule has 8 heteroatoms. The Morgan fingerprint density at radius 3 is 2.31 bits per heavy atom. The van der Waals surface area contributed by atoms with Gasteiger partial charge in [0, 0.05) is 12.1 Å². The quantitative estimate of drug-likeness (QED) is 0.427. The molecule has 1 aromatic rings. The van der Waals surface area contributed by atoms with E-state index in [0.717, 1.165) is 12.8 Å². The maximum Gasteiger partial charge on any atom is 1.00 e. The number of halogens is 1. The third-order valence-electron chi connectivity index (χ3n) is 4.58. The van der Waals surface area contributed by atoms with Gasteiger partial charge in [0.25, 0.3) is 0 Å². The van der Waals surface area contributed by atoms with Crippen molar-refractivity contribution in [2.24, 2.45) is 5.92 Å². The number of hydrogen-bond acceptors (Lipinski definition) is 5. The van der Waals surface area contributed by atoms with Gasteiger partial charge in [-0.15, -0.1) is 0 Å². The molecule has 32 heavy (non-hydrogen) atoms. The second-order valence-electron chi connectivity index (χ2n) is 7.03. The topological polar surface area (TPSA) is 78.9 Å². The van der Waals surface area contributed by atoms with Crippen LogP contribution in [0.3, 0.4) is 0 Å². The Morgan fingerprint density at radius 1 is 1.22 bits per heavy atom. The maximum absolute atomic E-state index is 12.8. The number of nitrogens with zero attached hydrogens (tertiary/aromatic N) is 1. The van der Waals surface area contributed by atoms with Crippen LogP contribution in [0.15, 0.2) is 60.8 Å². The van der Waals surface area contributed by atoms with Gasteiger partial charge in [0.15, 0.2) is 0 Å². The zero-order chi connectivity index (χ0) is 23.1. The number of anilines is 1. The summed E-state index contributed by atoms with van der Waals surface area (Å²) in [6.07, 6.45) is 12.8. The monoisotopic (exact) mass is 471 g/mol. The van der Waals surface area contributed by atoms with E-state index in [1.54, 1.807) is 29.2 Å². The van der Waals surface area contributed by atoms with Crippen molar-refractivity contribution in [2.75, 3.05) is 25.2 Å². The number of carbonyl (C=O) groups excluding carboxylic acids is 2. The number of carboxylic acid groups (broad SMARTS) is 1. The van der Waals surface area contributed by atoms with E-state index in [0.29, 0.717) is 28.9 Å². The van der Waals surface area contributed by atoms with Gasteiger partial charge in [0.2, 0.25) is 0 Å². The summed E-state index contributed by atoms with van der Waals surface area (Å²) >= 11 is 5.98. The molecule has 0 saturated heterocycles. The average Bonchev–Trinajstić information content (AvgIpc) is 2.75. The molecule has 6 nitrogen and oxygen atoms in total. The zero-order valence-electron chi connectivity index (χ0n) is 19.2. The molecule has 1 aromatic carbocycles. The maximum atomic E-state index is 12.8. The summed E-state index contributed by atoms with van der Waals surface area (Å²) in [6, 6.07) is 7.15. The first kappa shape index (κ1) is 30.4. The molecule has 1 saturated carbocycles. The van der Waals surface area contributed by atoms with Crippen molar-refractivity contribution in [1.82, 2.24) is 0 Å². The minimum absolute atomic E-state index is 0. The molecule has 1 fully saturated rings. The van der Waals surface area contributed by atoms with Gasteiger partial charge in [0.1, 0.15) is 0 Å². The Kier molecular flexibility index (Phi) is 17.0. The second kappa shape index (κ2) is 17.9. The van der Waals surface area contributed by atoms with Gasteiger partial charge < -0.3 is 19.4 Å². The van der Waals surface area contributed by atoms with Crippen molar-refractivity contribution in [1.29, 1.82) is 0 Å². The van der Waals surface area contributed by atoms with E-state index < -0.39 is 5.97 Å². The number of ether oxygens (including phenoxy) is 2. The van der Waals surface area contributed by atoms with Crippen molar-refractivity contribution in [2.45, 2.75) is 39.0 Å². The van der Waals surface area contributed by atoms with Crippen molar-refractivity contribution in [3.8, 4) is 0 Å². The van der Waals surface area contributed by atoms with E-state index in [-0.39, 0.29) is 42.3 Å². The molecular formula is C24H31ClNNaO5. The van der Waals surface area contributed by atoms with Crippen LogP contribution in [-0.4, -0.2) is 32.4 Å². The fraction of sp³-hybridized carbons (Fsp3) is 0.417. The van der Waals surface area contributed by atoms with Gasteiger partial charge in [-0.25, -0.2) is 9.69 Å². The Hall–Kier alpha value is -1.57. The largest absolute Gasteiger partial charge is 1.00 e. The molecule has 0 heterocycles. The number of methoxy groups -OCH3 is 1. The van der Waals surface area contributed by atoms with E-state index in [4.69, 9.17) is 16.3 Å². The van der Waals surface area contributed by atoms with E-state index in [2.05, 4.69) is 11.3 Å². The first-order valence-corrected chi connectivity index (χ1v) is 10.7. The number of carboxylic acids is 1. The molecule has 0 atom stereocenters. The molecular weight excluding hydrogens is 441 g/mol. The van der Waals surface area contributed by atoms with Crippen LogP contribution in [-0.2, 0) is 14.3 Å². The van der Waals surface area contributed by atoms with Gasteiger partial charge >= 0.3 is 35.7 Å². The van der Waals surface area contributed by atoms with Gasteiger partial charge in [-0.1, -0.05) is 49.6 Å². The Labute approximate surface area is 218 Å². The van der Waals surface area contributed by atoms with Gasteiger partial charge in [0.05, 0.1) is 30.6 Å². The van der Waals surface area contributed by atoms with Crippen LogP contribution in [0, 0.1) is 5.92 Å². The Bertz CT molecular complexity index is 758. The fourth-order valence-corrected chi connectivity index (χ4v) is 3.30. The van der Waals surface area contributed by atoms with Crippen LogP contribution in [0.1, 0.15) is 39.0 Å². The number of benzene rings is 1. The molecule has 170 valence electrons. The Morgan fingerprint density at radius 2 is 1.84 bits per heavy atom. The minimum atomic E-state index is -1.18. The van der Waals surface area contributed by atoms with Crippen molar-refractivity contribution < 1.29 is 53.7 Å². The number of carbonyl (C=O) groups is 2. The number of hydrogen-bond donors (Lipinski definition) is 0. The third kappa shape index (κ3) is 11.9. The SMILES string of the molecule is C=C/C=C(\C=C/C)N(C(=O)OCC1CCCCC1)c1ccc(Cl)cc1.COCC(=O)[O-].[Na+]. The zero-order valence-corrected chi connectivity index (χ0v) is 22.0. The molecule has 0 bridgehead atoms. The number of aliphatic carboxylic acids is 1. The summed E-state index contributed by atoms with van der Waals surface area (Å²) < 4.78 is 9.79. The second-order valence-corrected chi connectivity index (χ2v) is 7.46. The van der Waals surface area contributed by atoms with Crippen LogP contribution >= 0.6 is 11.6 Å². The van der Waals surface area contributed by atoms with Gasteiger partial charge in [-0.05, 0) is 62.1 Å². The molecule has 0 unspecified atom stereocenters. The number of amides is 1. The van der Waals surface area contributed by atoms with Crippen molar-refractivity contribution in [3.63, 3.8) is 0 Å².